The van der Waals surface area contributed by atoms with Crippen LogP contribution >= 0.6 is 0 Å². The van der Waals surface area contributed by atoms with Crippen molar-refractivity contribution in [1.82, 2.24) is 10.6 Å². The van der Waals surface area contributed by atoms with Crippen molar-refractivity contribution in [2.75, 3.05) is 12.4 Å². The molecule has 144 valence electrons. The molecule has 1 aromatic heterocycles. The van der Waals surface area contributed by atoms with E-state index in [1.165, 1.54) is 11.8 Å². The molecule has 3 rings (SSSR count). The minimum absolute atomic E-state index is 0.145. The number of anilines is 1. The number of hydrogen-bond acceptors (Lipinski definition) is 3. The quantitative estimate of drug-likeness (QED) is 0.449. The summed E-state index contributed by atoms with van der Waals surface area (Å²) in [6.45, 7) is 2.71. The number of aliphatic imine (C=N–C) groups is 1. The average molecular weight is 376 g/mol. The molecule has 0 aliphatic heterocycles. The van der Waals surface area contributed by atoms with Crippen LogP contribution in [0.2, 0.25) is 0 Å². The second kappa shape index (κ2) is 9.41. The highest BCUT2D eigenvalue weighted by atomic mass is 16.3. The Bertz CT molecular complexity index is 903. The highest BCUT2D eigenvalue weighted by Crippen LogP contribution is 2.13. The molecule has 1 heterocycles. The highest BCUT2D eigenvalue weighted by molar-refractivity contribution is 6.02. The maximum absolute atomic E-state index is 12.0. The molecule has 0 saturated heterocycles. The Morgan fingerprint density at radius 1 is 1.04 bits per heavy atom. The molecule has 28 heavy (non-hydrogen) atoms. The number of guanidine groups is 1. The van der Waals surface area contributed by atoms with E-state index in [-0.39, 0.29) is 17.7 Å². The van der Waals surface area contributed by atoms with Gasteiger partial charge in [0.25, 0.3) is 5.91 Å². The molecule has 2 aromatic carbocycles. The summed E-state index contributed by atoms with van der Waals surface area (Å²) in [5.74, 6) is 0.745. The molecule has 1 atom stereocenters. The fourth-order valence-electron chi connectivity index (χ4n) is 2.72. The number of rotatable bonds is 6. The normalized spacial score (nSPS) is 12.3. The molecule has 0 radical (unpaired) electrons. The molecule has 1 unspecified atom stereocenters. The van der Waals surface area contributed by atoms with Gasteiger partial charge < -0.3 is 20.4 Å². The van der Waals surface area contributed by atoms with Gasteiger partial charge in [-0.1, -0.05) is 42.5 Å². The first-order valence-corrected chi connectivity index (χ1v) is 9.11. The van der Waals surface area contributed by atoms with Gasteiger partial charge in [-0.3, -0.25) is 9.79 Å². The van der Waals surface area contributed by atoms with Crippen molar-refractivity contribution in [1.29, 1.82) is 0 Å². The van der Waals surface area contributed by atoms with Crippen LogP contribution in [0.1, 0.15) is 34.6 Å². The first-order valence-electron chi connectivity index (χ1n) is 9.11. The predicted octanol–water partition coefficient (Wildman–Crippen LogP) is 3.96. The zero-order valence-electron chi connectivity index (χ0n) is 16.0. The Morgan fingerprint density at radius 3 is 2.43 bits per heavy atom. The lowest BCUT2D eigenvalue weighted by atomic mass is 10.1. The number of hydrogen-bond donors (Lipinski definition) is 3. The van der Waals surface area contributed by atoms with Crippen LogP contribution in [0.4, 0.5) is 5.69 Å². The molecule has 3 aromatic rings. The second-order valence-corrected chi connectivity index (χ2v) is 6.33. The summed E-state index contributed by atoms with van der Waals surface area (Å²) in [6.07, 6.45) is 1.48. The number of nitrogens with one attached hydrogen (secondary N) is 3. The Morgan fingerprint density at radius 2 is 1.79 bits per heavy atom. The van der Waals surface area contributed by atoms with Gasteiger partial charge in [0.15, 0.2) is 11.7 Å². The van der Waals surface area contributed by atoms with Gasteiger partial charge in [-0.25, -0.2) is 0 Å². The molecule has 6 nitrogen and oxygen atoms in total. The largest absolute Gasteiger partial charge is 0.459 e. The molecule has 0 aliphatic rings. The maximum Gasteiger partial charge on any atom is 0.291 e. The van der Waals surface area contributed by atoms with Crippen molar-refractivity contribution in [2.45, 2.75) is 19.5 Å². The average Bonchev–Trinajstić information content (AvgIpc) is 3.28. The van der Waals surface area contributed by atoms with Gasteiger partial charge in [-0.2, -0.15) is 0 Å². The summed E-state index contributed by atoms with van der Waals surface area (Å²) in [5, 5.41) is 9.49. The molecule has 0 saturated carbocycles. The van der Waals surface area contributed by atoms with Crippen molar-refractivity contribution in [3.8, 4) is 0 Å². The Hall–Kier alpha value is -3.54. The van der Waals surface area contributed by atoms with Gasteiger partial charge in [0, 0.05) is 19.3 Å². The molecular formula is C22H24N4O2. The monoisotopic (exact) mass is 376 g/mol. The van der Waals surface area contributed by atoms with Crippen molar-refractivity contribution in [3.05, 3.63) is 89.9 Å². The Balaban J connectivity index is 1.51. The summed E-state index contributed by atoms with van der Waals surface area (Å²) in [5.41, 5.74) is 2.98. The number of benzene rings is 2. The summed E-state index contributed by atoms with van der Waals surface area (Å²) in [7, 11) is 1.75. The van der Waals surface area contributed by atoms with Crippen LogP contribution in [-0.2, 0) is 6.54 Å². The summed E-state index contributed by atoms with van der Waals surface area (Å²) in [6, 6.07) is 21.3. The minimum Gasteiger partial charge on any atom is -0.459 e. The third-order valence-corrected chi connectivity index (χ3v) is 4.29. The van der Waals surface area contributed by atoms with Gasteiger partial charge in [0.05, 0.1) is 12.3 Å². The van der Waals surface area contributed by atoms with Crippen molar-refractivity contribution < 1.29 is 9.21 Å². The topological polar surface area (TPSA) is 78.7 Å². The summed E-state index contributed by atoms with van der Waals surface area (Å²) in [4.78, 5) is 16.3. The third kappa shape index (κ3) is 5.23. The molecule has 1 amide bonds. The molecule has 0 spiro atoms. The molecule has 0 fully saturated rings. The zero-order chi connectivity index (χ0) is 19.8. The standard InChI is InChI=1S/C22H24N4O2/c1-16(18-7-4-3-5-8-18)25-22(23-2)24-15-17-10-12-19(13-11-17)26-21(27)20-9-6-14-28-20/h3-14,16H,15H2,1-2H3,(H,26,27)(H2,23,24,25). The van der Waals surface area contributed by atoms with Gasteiger partial charge in [-0.05, 0) is 42.3 Å². The van der Waals surface area contributed by atoms with Gasteiger partial charge >= 0.3 is 0 Å². The molecular weight excluding hydrogens is 352 g/mol. The van der Waals surface area contributed by atoms with Crippen LogP contribution < -0.4 is 16.0 Å². The second-order valence-electron chi connectivity index (χ2n) is 6.33. The SMILES string of the molecule is CN=C(NCc1ccc(NC(=O)c2ccco2)cc1)NC(C)c1ccccc1. The summed E-state index contributed by atoms with van der Waals surface area (Å²) < 4.78 is 5.09. The van der Waals surface area contributed by atoms with Crippen LogP contribution in [0.15, 0.2) is 82.4 Å². The Labute approximate surface area is 164 Å². The van der Waals surface area contributed by atoms with Gasteiger partial charge in [0.1, 0.15) is 0 Å². The number of furan rings is 1. The van der Waals surface area contributed by atoms with E-state index in [1.807, 2.05) is 42.5 Å². The predicted molar refractivity (Wildman–Crippen MR) is 111 cm³/mol. The van der Waals surface area contributed by atoms with E-state index >= 15 is 0 Å². The maximum atomic E-state index is 12.0. The fourth-order valence-corrected chi connectivity index (χ4v) is 2.72. The molecule has 3 N–H and O–H groups in total. The van der Waals surface area contributed by atoms with E-state index in [9.17, 15) is 4.79 Å². The smallest absolute Gasteiger partial charge is 0.291 e. The third-order valence-electron chi connectivity index (χ3n) is 4.29. The molecule has 0 aliphatic carbocycles. The van der Waals surface area contributed by atoms with Crippen LogP contribution in [0.3, 0.4) is 0 Å². The van der Waals surface area contributed by atoms with E-state index in [0.717, 1.165) is 11.5 Å². The van der Waals surface area contributed by atoms with Crippen LogP contribution in [0.5, 0.6) is 0 Å². The fraction of sp³-hybridized carbons (Fsp3) is 0.182. The van der Waals surface area contributed by atoms with Crippen LogP contribution in [-0.4, -0.2) is 18.9 Å². The van der Waals surface area contributed by atoms with E-state index in [1.54, 1.807) is 19.2 Å². The number of amides is 1. The van der Waals surface area contributed by atoms with Gasteiger partial charge in [0.2, 0.25) is 0 Å². The lowest BCUT2D eigenvalue weighted by Gasteiger charge is -2.18. The number of nitrogens with zero attached hydrogens (tertiary/aromatic N) is 1. The summed E-state index contributed by atoms with van der Waals surface area (Å²) >= 11 is 0. The van der Waals surface area contributed by atoms with E-state index < -0.39 is 0 Å². The molecule has 6 heteroatoms. The zero-order valence-corrected chi connectivity index (χ0v) is 16.0. The number of carbonyl (C=O) groups is 1. The van der Waals surface area contributed by atoms with Gasteiger partial charge in [-0.15, -0.1) is 0 Å². The van der Waals surface area contributed by atoms with Crippen LogP contribution in [0.25, 0.3) is 0 Å². The van der Waals surface area contributed by atoms with Crippen molar-refractivity contribution >= 4 is 17.6 Å². The Kier molecular flexibility index (Phi) is 6.46. The van der Waals surface area contributed by atoms with Crippen LogP contribution in [0, 0.1) is 0 Å². The first kappa shape index (κ1) is 19.2. The van der Waals surface area contributed by atoms with Crippen molar-refractivity contribution in [3.63, 3.8) is 0 Å². The van der Waals surface area contributed by atoms with E-state index in [4.69, 9.17) is 4.42 Å². The minimum atomic E-state index is -0.268. The highest BCUT2D eigenvalue weighted by Gasteiger charge is 2.09. The van der Waals surface area contributed by atoms with E-state index in [0.29, 0.717) is 12.2 Å². The molecule has 0 bridgehead atoms. The van der Waals surface area contributed by atoms with Crippen molar-refractivity contribution in [2.24, 2.45) is 4.99 Å². The number of carbonyl (C=O) groups excluding carboxylic acids is 1. The first-order chi connectivity index (χ1) is 13.7. The lowest BCUT2D eigenvalue weighted by molar-refractivity contribution is 0.0996. The lowest BCUT2D eigenvalue weighted by Crippen LogP contribution is -2.38. The van der Waals surface area contributed by atoms with E-state index in [2.05, 4.69) is 40.0 Å².